The number of halogens is 1. The number of benzene rings is 3. The van der Waals surface area contributed by atoms with Crippen LogP contribution in [0.3, 0.4) is 0 Å². The number of sulfonamides is 1. The molecule has 174 valence electrons. The Morgan fingerprint density at radius 2 is 1.64 bits per heavy atom. The fourth-order valence-electron chi connectivity index (χ4n) is 3.14. The molecule has 0 spiro atoms. The minimum absolute atomic E-state index is 0.0656. The number of amides is 1. The van der Waals surface area contributed by atoms with E-state index in [4.69, 9.17) is 16.3 Å². The molecule has 3 rings (SSSR count). The first-order chi connectivity index (χ1) is 15.6. The SMILES string of the molecule is CC[C@H](Oc1cccc(C)c1C)C(=O)Nc1ccc(S(=O)(=O)Nc2ccc(C)c(Cl)c2)cc1. The van der Waals surface area contributed by atoms with Crippen LogP contribution in [0, 0.1) is 20.8 Å². The molecule has 1 atom stereocenters. The topological polar surface area (TPSA) is 84.5 Å². The molecule has 33 heavy (non-hydrogen) atoms. The van der Waals surface area contributed by atoms with Gasteiger partial charge in [0.2, 0.25) is 0 Å². The summed E-state index contributed by atoms with van der Waals surface area (Å²) in [6, 6.07) is 16.6. The molecule has 0 aliphatic heterocycles. The lowest BCUT2D eigenvalue weighted by atomic mass is 10.1. The standard InChI is InChI=1S/C25H27ClN2O4S/c1-5-23(32-24-8-6-7-16(2)18(24)4)25(29)27-19-11-13-21(14-12-19)33(30,31)28-20-10-9-17(3)22(26)15-20/h6-15,23,28H,5H2,1-4H3,(H,27,29)/t23-/m0/s1. The molecule has 0 fully saturated rings. The summed E-state index contributed by atoms with van der Waals surface area (Å²) >= 11 is 6.08. The third-order valence-corrected chi connectivity index (χ3v) is 7.15. The van der Waals surface area contributed by atoms with Crippen molar-refractivity contribution in [2.75, 3.05) is 10.0 Å². The highest BCUT2D eigenvalue weighted by molar-refractivity contribution is 7.92. The third kappa shape index (κ3) is 6.06. The van der Waals surface area contributed by atoms with Gasteiger partial charge in [-0.3, -0.25) is 9.52 Å². The summed E-state index contributed by atoms with van der Waals surface area (Å²) in [5.74, 6) is 0.363. The smallest absolute Gasteiger partial charge is 0.265 e. The predicted octanol–water partition coefficient (Wildman–Crippen LogP) is 5.86. The van der Waals surface area contributed by atoms with Crippen molar-refractivity contribution in [3.63, 3.8) is 0 Å². The molecule has 1 amide bonds. The lowest BCUT2D eigenvalue weighted by molar-refractivity contribution is -0.122. The van der Waals surface area contributed by atoms with E-state index < -0.39 is 16.1 Å². The number of anilines is 2. The molecule has 0 unspecified atom stereocenters. The van der Waals surface area contributed by atoms with Gasteiger partial charge in [-0.2, -0.15) is 0 Å². The van der Waals surface area contributed by atoms with Gasteiger partial charge in [0.25, 0.3) is 15.9 Å². The molecule has 0 aliphatic carbocycles. The Balaban J connectivity index is 1.69. The lowest BCUT2D eigenvalue weighted by Gasteiger charge is -2.19. The van der Waals surface area contributed by atoms with Gasteiger partial charge in [0.15, 0.2) is 6.10 Å². The Hall–Kier alpha value is -3.03. The van der Waals surface area contributed by atoms with Crippen LogP contribution in [0.5, 0.6) is 5.75 Å². The summed E-state index contributed by atoms with van der Waals surface area (Å²) in [7, 11) is -3.80. The highest BCUT2D eigenvalue weighted by Gasteiger charge is 2.20. The molecule has 0 radical (unpaired) electrons. The number of carbonyl (C=O) groups is 1. The summed E-state index contributed by atoms with van der Waals surface area (Å²) in [4.78, 5) is 12.8. The van der Waals surface area contributed by atoms with Gasteiger partial charge in [-0.1, -0.05) is 36.7 Å². The monoisotopic (exact) mass is 486 g/mol. The molecule has 8 heteroatoms. The summed E-state index contributed by atoms with van der Waals surface area (Å²) in [6.07, 6.45) is -0.198. The first-order valence-corrected chi connectivity index (χ1v) is 12.4. The number of hydrogen-bond acceptors (Lipinski definition) is 4. The molecule has 2 N–H and O–H groups in total. The molecule has 6 nitrogen and oxygen atoms in total. The maximum Gasteiger partial charge on any atom is 0.265 e. The summed E-state index contributed by atoms with van der Waals surface area (Å²) < 4.78 is 33.8. The van der Waals surface area contributed by atoms with Gasteiger partial charge in [-0.25, -0.2) is 8.42 Å². The zero-order chi connectivity index (χ0) is 24.2. The van der Waals surface area contributed by atoms with E-state index in [1.54, 1.807) is 30.3 Å². The van der Waals surface area contributed by atoms with E-state index in [9.17, 15) is 13.2 Å². The van der Waals surface area contributed by atoms with Crippen molar-refractivity contribution in [1.82, 2.24) is 0 Å². The van der Waals surface area contributed by atoms with Crippen molar-refractivity contribution in [2.45, 2.75) is 45.1 Å². The van der Waals surface area contributed by atoms with Crippen molar-refractivity contribution >= 4 is 38.9 Å². The van der Waals surface area contributed by atoms with E-state index in [1.165, 1.54) is 12.1 Å². The van der Waals surface area contributed by atoms with E-state index in [2.05, 4.69) is 10.0 Å². The minimum atomic E-state index is -3.80. The maximum absolute atomic E-state index is 12.7. The second-order valence-corrected chi connectivity index (χ2v) is 9.89. The fourth-order valence-corrected chi connectivity index (χ4v) is 4.37. The predicted molar refractivity (Wildman–Crippen MR) is 133 cm³/mol. The molecule has 0 saturated heterocycles. The van der Waals surface area contributed by atoms with Gasteiger partial charge in [-0.05, 0) is 86.3 Å². The van der Waals surface area contributed by atoms with Crippen LogP contribution in [0.4, 0.5) is 11.4 Å². The highest BCUT2D eigenvalue weighted by atomic mass is 35.5. The van der Waals surface area contributed by atoms with E-state index in [0.717, 1.165) is 16.7 Å². The second kappa shape index (κ2) is 10.3. The van der Waals surface area contributed by atoms with Crippen LogP contribution in [-0.2, 0) is 14.8 Å². The lowest BCUT2D eigenvalue weighted by Crippen LogP contribution is -2.32. The van der Waals surface area contributed by atoms with Crippen LogP contribution in [0.15, 0.2) is 65.6 Å². The Bertz CT molecular complexity index is 1260. The van der Waals surface area contributed by atoms with Gasteiger partial charge in [0, 0.05) is 10.7 Å². The van der Waals surface area contributed by atoms with Crippen LogP contribution in [0.2, 0.25) is 5.02 Å². The third-order valence-electron chi connectivity index (χ3n) is 5.34. The van der Waals surface area contributed by atoms with Gasteiger partial charge in [0.05, 0.1) is 10.6 Å². The molecular weight excluding hydrogens is 460 g/mol. The molecule has 0 aromatic heterocycles. The molecule has 0 saturated carbocycles. The zero-order valence-corrected chi connectivity index (χ0v) is 20.5. The number of hydrogen-bond donors (Lipinski definition) is 2. The Morgan fingerprint density at radius 1 is 0.970 bits per heavy atom. The number of ether oxygens (including phenoxy) is 1. The van der Waals surface area contributed by atoms with Crippen LogP contribution in [-0.4, -0.2) is 20.4 Å². The normalized spacial score (nSPS) is 12.2. The average Bonchev–Trinajstić information content (AvgIpc) is 2.77. The number of aryl methyl sites for hydroxylation is 2. The largest absolute Gasteiger partial charge is 0.480 e. The van der Waals surface area contributed by atoms with Gasteiger partial charge >= 0.3 is 0 Å². The van der Waals surface area contributed by atoms with E-state index >= 15 is 0 Å². The first kappa shape index (κ1) is 24.6. The van der Waals surface area contributed by atoms with Crippen LogP contribution >= 0.6 is 11.6 Å². The number of carbonyl (C=O) groups excluding carboxylic acids is 1. The number of rotatable bonds is 8. The average molecular weight is 487 g/mol. The fraction of sp³-hybridized carbons (Fsp3) is 0.240. The van der Waals surface area contributed by atoms with Gasteiger partial charge < -0.3 is 10.1 Å². The van der Waals surface area contributed by atoms with E-state index in [1.807, 2.05) is 45.9 Å². The van der Waals surface area contributed by atoms with Crippen molar-refractivity contribution in [3.8, 4) is 5.75 Å². The van der Waals surface area contributed by atoms with Crippen molar-refractivity contribution < 1.29 is 17.9 Å². The van der Waals surface area contributed by atoms with Gasteiger partial charge in [-0.15, -0.1) is 0 Å². The van der Waals surface area contributed by atoms with E-state index in [0.29, 0.717) is 28.6 Å². The molecule has 0 bridgehead atoms. The summed E-state index contributed by atoms with van der Waals surface area (Å²) in [5, 5.41) is 3.27. The molecule has 0 heterocycles. The van der Waals surface area contributed by atoms with Crippen LogP contribution in [0.1, 0.15) is 30.0 Å². The van der Waals surface area contributed by atoms with E-state index in [-0.39, 0.29) is 10.8 Å². The Morgan fingerprint density at radius 3 is 2.27 bits per heavy atom. The van der Waals surface area contributed by atoms with Crippen LogP contribution < -0.4 is 14.8 Å². The minimum Gasteiger partial charge on any atom is -0.480 e. The van der Waals surface area contributed by atoms with Crippen molar-refractivity contribution in [1.29, 1.82) is 0 Å². The van der Waals surface area contributed by atoms with Crippen LogP contribution in [0.25, 0.3) is 0 Å². The van der Waals surface area contributed by atoms with Crippen molar-refractivity contribution in [3.05, 3.63) is 82.4 Å². The second-order valence-electron chi connectivity index (χ2n) is 7.80. The molecule has 3 aromatic carbocycles. The number of nitrogens with one attached hydrogen (secondary N) is 2. The van der Waals surface area contributed by atoms with Crippen molar-refractivity contribution in [2.24, 2.45) is 0 Å². The molecule has 3 aromatic rings. The Kier molecular flexibility index (Phi) is 7.66. The first-order valence-electron chi connectivity index (χ1n) is 10.5. The highest BCUT2D eigenvalue weighted by Crippen LogP contribution is 2.25. The Labute approximate surface area is 200 Å². The summed E-state index contributed by atoms with van der Waals surface area (Å²) in [6.45, 7) is 7.64. The summed E-state index contributed by atoms with van der Waals surface area (Å²) in [5.41, 5.74) is 3.77. The maximum atomic E-state index is 12.7. The van der Waals surface area contributed by atoms with Gasteiger partial charge in [0.1, 0.15) is 5.75 Å². The quantitative estimate of drug-likeness (QED) is 0.417. The molecular formula is C25H27ClN2O4S. The molecule has 0 aliphatic rings. The zero-order valence-electron chi connectivity index (χ0n) is 19.0.